The van der Waals surface area contributed by atoms with Crippen molar-refractivity contribution in [3.63, 3.8) is 0 Å². The van der Waals surface area contributed by atoms with Crippen molar-refractivity contribution in [1.29, 1.82) is 0 Å². The minimum absolute atomic E-state index is 0.0359. The number of nitrogen functional groups attached to an aromatic ring is 1. The fourth-order valence-electron chi connectivity index (χ4n) is 2.77. The molecular weight excluding hydrogens is 314 g/mol. The monoisotopic (exact) mass is 339 g/mol. The molecule has 2 amide bonds. The van der Waals surface area contributed by atoms with Crippen LogP contribution in [0.2, 0.25) is 0 Å². The summed E-state index contributed by atoms with van der Waals surface area (Å²) in [6.45, 7) is 1.99. The van der Waals surface area contributed by atoms with Crippen molar-refractivity contribution in [2.24, 2.45) is 5.73 Å². The molecule has 0 spiro atoms. The summed E-state index contributed by atoms with van der Waals surface area (Å²) in [6, 6.07) is 12.9. The SMILES string of the molecule is Cc1ccc(C(N)=O)c(CCCCCC(=O)Nc2ccccc2N)c1. The normalized spacial score (nSPS) is 10.4. The quantitative estimate of drug-likeness (QED) is 0.507. The molecule has 0 aliphatic heterocycles. The third kappa shape index (κ3) is 5.64. The summed E-state index contributed by atoms with van der Waals surface area (Å²) in [7, 11) is 0. The van der Waals surface area contributed by atoms with Gasteiger partial charge in [-0.25, -0.2) is 0 Å². The highest BCUT2D eigenvalue weighted by Gasteiger charge is 2.08. The van der Waals surface area contributed by atoms with Gasteiger partial charge in [0.05, 0.1) is 11.4 Å². The molecule has 5 heteroatoms. The standard InChI is InChI=1S/C20H25N3O2/c1-14-11-12-16(20(22)25)15(13-14)7-3-2-4-10-19(24)23-18-9-6-5-8-17(18)21/h5-6,8-9,11-13H,2-4,7,10,21H2,1H3,(H2,22,25)(H,23,24). The van der Waals surface area contributed by atoms with E-state index < -0.39 is 5.91 Å². The molecule has 0 bridgehead atoms. The molecule has 0 fully saturated rings. The van der Waals surface area contributed by atoms with E-state index in [9.17, 15) is 9.59 Å². The molecule has 2 aromatic carbocycles. The van der Waals surface area contributed by atoms with E-state index in [0.29, 0.717) is 23.4 Å². The average molecular weight is 339 g/mol. The van der Waals surface area contributed by atoms with Gasteiger partial charge in [0.2, 0.25) is 11.8 Å². The summed E-state index contributed by atoms with van der Waals surface area (Å²) in [5, 5.41) is 2.83. The van der Waals surface area contributed by atoms with Crippen LogP contribution in [0.1, 0.15) is 47.2 Å². The molecule has 0 saturated carbocycles. The first-order valence-corrected chi connectivity index (χ1v) is 8.51. The minimum Gasteiger partial charge on any atom is -0.397 e. The Morgan fingerprint density at radius 2 is 1.80 bits per heavy atom. The second-order valence-electron chi connectivity index (χ2n) is 6.22. The summed E-state index contributed by atoms with van der Waals surface area (Å²) in [4.78, 5) is 23.4. The lowest BCUT2D eigenvalue weighted by Gasteiger charge is -2.09. The number of hydrogen-bond acceptors (Lipinski definition) is 3. The number of carbonyl (C=O) groups is 2. The van der Waals surface area contributed by atoms with Gasteiger partial charge >= 0.3 is 0 Å². The van der Waals surface area contributed by atoms with Gasteiger partial charge in [-0.15, -0.1) is 0 Å². The van der Waals surface area contributed by atoms with E-state index in [1.165, 1.54) is 0 Å². The van der Waals surface area contributed by atoms with Crippen molar-refractivity contribution in [3.8, 4) is 0 Å². The summed E-state index contributed by atoms with van der Waals surface area (Å²) in [5.74, 6) is -0.430. The van der Waals surface area contributed by atoms with E-state index in [4.69, 9.17) is 11.5 Å². The van der Waals surface area contributed by atoms with Crippen LogP contribution >= 0.6 is 0 Å². The molecule has 132 valence electrons. The van der Waals surface area contributed by atoms with Gasteiger partial charge in [-0.05, 0) is 49.9 Å². The number of nitrogens with one attached hydrogen (secondary N) is 1. The minimum atomic E-state index is -0.394. The molecule has 0 aromatic heterocycles. The summed E-state index contributed by atoms with van der Waals surface area (Å²) < 4.78 is 0. The largest absolute Gasteiger partial charge is 0.397 e. The fraction of sp³-hybridized carbons (Fsp3) is 0.300. The highest BCUT2D eigenvalue weighted by atomic mass is 16.1. The summed E-state index contributed by atoms with van der Waals surface area (Å²) in [6.07, 6.45) is 3.84. The van der Waals surface area contributed by atoms with Crippen molar-refractivity contribution in [1.82, 2.24) is 0 Å². The highest BCUT2D eigenvalue weighted by molar-refractivity contribution is 5.94. The van der Waals surface area contributed by atoms with Gasteiger partial charge in [-0.3, -0.25) is 9.59 Å². The maximum atomic E-state index is 12.0. The van der Waals surface area contributed by atoms with E-state index >= 15 is 0 Å². The number of primary amides is 1. The van der Waals surface area contributed by atoms with Crippen LogP contribution in [-0.4, -0.2) is 11.8 Å². The van der Waals surface area contributed by atoms with Gasteiger partial charge in [-0.2, -0.15) is 0 Å². The first kappa shape index (κ1) is 18.5. The van der Waals surface area contributed by atoms with Crippen LogP contribution in [0.4, 0.5) is 11.4 Å². The Morgan fingerprint density at radius 1 is 1.04 bits per heavy atom. The Labute approximate surface area is 148 Å². The van der Waals surface area contributed by atoms with Gasteiger partial charge in [0.25, 0.3) is 0 Å². The molecule has 2 aromatic rings. The molecule has 0 unspecified atom stereocenters. The Morgan fingerprint density at radius 3 is 2.52 bits per heavy atom. The molecule has 0 radical (unpaired) electrons. The lowest BCUT2D eigenvalue weighted by molar-refractivity contribution is -0.116. The molecule has 2 rings (SSSR count). The highest BCUT2D eigenvalue weighted by Crippen LogP contribution is 2.18. The lowest BCUT2D eigenvalue weighted by atomic mass is 9.98. The van der Waals surface area contributed by atoms with E-state index in [0.717, 1.165) is 36.8 Å². The predicted octanol–water partition coefficient (Wildman–Crippen LogP) is 3.42. The Hall–Kier alpha value is -2.82. The third-order valence-corrected chi connectivity index (χ3v) is 4.11. The van der Waals surface area contributed by atoms with Gasteiger partial charge in [0.15, 0.2) is 0 Å². The zero-order valence-electron chi connectivity index (χ0n) is 14.5. The van der Waals surface area contributed by atoms with Crippen molar-refractivity contribution in [2.45, 2.75) is 39.0 Å². The van der Waals surface area contributed by atoms with Gasteiger partial charge in [0.1, 0.15) is 0 Å². The number of anilines is 2. The number of hydrogen-bond donors (Lipinski definition) is 3. The van der Waals surface area contributed by atoms with Crippen LogP contribution in [-0.2, 0) is 11.2 Å². The van der Waals surface area contributed by atoms with Crippen molar-refractivity contribution >= 4 is 23.2 Å². The Bertz CT molecular complexity index is 756. The first-order valence-electron chi connectivity index (χ1n) is 8.51. The summed E-state index contributed by atoms with van der Waals surface area (Å²) >= 11 is 0. The van der Waals surface area contributed by atoms with Crippen LogP contribution in [0, 0.1) is 6.92 Å². The maximum absolute atomic E-state index is 12.0. The number of aryl methyl sites for hydroxylation is 2. The number of para-hydroxylation sites is 2. The average Bonchev–Trinajstić information content (AvgIpc) is 2.56. The number of carbonyl (C=O) groups excluding carboxylic acids is 2. The molecule has 0 aliphatic carbocycles. The second-order valence-corrected chi connectivity index (χ2v) is 6.22. The zero-order chi connectivity index (χ0) is 18.2. The topological polar surface area (TPSA) is 98.2 Å². The number of benzene rings is 2. The molecule has 25 heavy (non-hydrogen) atoms. The zero-order valence-corrected chi connectivity index (χ0v) is 14.5. The second kappa shape index (κ2) is 8.87. The van der Waals surface area contributed by atoms with Crippen LogP contribution in [0.25, 0.3) is 0 Å². The molecule has 0 heterocycles. The van der Waals surface area contributed by atoms with E-state index in [2.05, 4.69) is 5.32 Å². The number of unbranched alkanes of at least 4 members (excludes halogenated alkanes) is 2. The Kier molecular flexibility index (Phi) is 6.57. The van der Waals surface area contributed by atoms with Crippen LogP contribution in [0.3, 0.4) is 0 Å². The van der Waals surface area contributed by atoms with E-state index in [1.807, 2.05) is 31.2 Å². The van der Waals surface area contributed by atoms with Crippen molar-refractivity contribution in [2.75, 3.05) is 11.1 Å². The number of amides is 2. The first-order chi connectivity index (χ1) is 12.0. The fourth-order valence-corrected chi connectivity index (χ4v) is 2.77. The van der Waals surface area contributed by atoms with Gasteiger partial charge in [0, 0.05) is 12.0 Å². The molecule has 5 N–H and O–H groups in total. The third-order valence-electron chi connectivity index (χ3n) is 4.11. The number of nitrogens with two attached hydrogens (primary N) is 2. The molecule has 0 atom stereocenters. The van der Waals surface area contributed by atoms with Crippen LogP contribution in [0.15, 0.2) is 42.5 Å². The predicted molar refractivity (Wildman–Crippen MR) is 101 cm³/mol. The Balaban J connectivity index is 1.75. The molecular formula is C20H25N3O2. The van der Waals surface area contributed by atoms with Crippen LogP contribution in [0.5, 0.6) is 0 Å². The smallest absolute Gasteiger partial charge is 0.248 e. The van der Waals surface area contributed by atoms with E-state index in [1.54, 1.807) is 18.2 Å². The van der Waals surface area contributed by atoms with Crippen molar-refractivity contribution in [3.05, 3.63) is 59.2 Å². The molecule has 5 nitrogen and oxygen atoms in total. The van der Waals surface area contributed by atoms with Crippen LogP contribution < -0.4 is 16.8 Å². The van der Waals surface area contributed by atoms with E-state index in [-0.39, 0.29) is 5.91 Å². The number of rotatable bonds is 8. The lowest BCUT2D eigenvalue weighted by Crippen LogP contribution is -2.14. The molecule has 0 saturated heterocycles. The summed E-state index contributed by atoms with van der Waals surface area (Å²) in [5.41, 5.74) is 15.1. The van der Waals surface area contributed by atoms with Crippen molar-refractivity contribution < 1.29 is 9.59 Å². The molecule has 0 aliphatic rings. The van der Waals surface area contributed by atoms with Gasteiger partial charge in [-0.1, -0.05) is 36.2 Å². The van der Waals surface area contributed by atoms with Gasteiger partial charge < -0.3 is 16.8 Å². The maximum Gasteiger partial charge on any atom is 0.248 e.